The van der Waals surface area contributed by atoms with Crippen molar-refractivity contribution >= 4 is 21.6 Å². The van der Waals surface area contributed by atoms with E-state index in [1.54, 1.807) is 0 Å². The third-order valence-corrected chi connectivity index (χ3v) is 1.79. The number of nitro groups is 1. The second-order valence-corrected chi connectivity index (χ2v) is 2.85. The number of alkyl halides is 2. The van der Waals surface area contributed by atoms with Crippen molar-refractivity contribution in [3.63, 3.8) is 0 Å². The molecule has 0 radical (unpaired) electrons. The third-order valence-electron chi connectivity index (χ3n) is 1.21. The van der Waals surface area contributed by atoms with Crippen molar-refractivity contribution in [1.29, 1.82) is 0 Å². The summed E-state index contributed by atoms with van der Waals surface area (Å²) in [6.07, 6.45) is 0. The first-order valence-electron chi connectivity index (χ1n) is 3.26. The summed E-state index contributed by atoms with van der Waals surface area (Å²) in [5.41, 5.74) is -0.313. The maximum absolute atomic E-state index is 11.7. The lowest BCUT2D eigenvalue weighted by atomic mass is 10.4. The van der Waals surface area contributed by atoms with E-state index in [4.69, 9.17) is 0 Å². The molecule has 8 heteroatoms. The number of hydrogen-bond acceptors (Lipinski definition) is 4. The summed E-state index contributed by atoms with van der Waals surface area (Å²) in [6, 6.07) is 2.02. The van der Waals surface area contributed by atoms with Gasteiger partial charge in [-0.05, 0) is 15.9 Å². The predicted molar refractivity (Wildman–Crippen MR) is 45.2 cm³/mol. The van der Waals surface area contributed by atoms with Crippen LogP contribution in [-0.4, -0.2) is 16.5 Å². The zero-order valence-corrected chi connectivity index (χ0v) is 8.07. The highest BCUT2D eigenvalue weighted by molar-refractivity contribution is 9.10. The van der Waals surface area contributed by atoms with Crippen molar-refractivity contribution in [2.24, 2.45) is 0 Å². The zero-order chi connectivity index (χ0) is 10.7. The predicted octanol–water partition coefficient (Wildman–Crippen LogP) is 2.35. The van der Waals surface area contributed by atoms with E-state index in [0.29, 0.717) is 0 Å². The van der Waals surface area contributed by atoms with E-state index >= 15 is 0 Å². The SMILES string of the molecule is O=[N+]([O-])c1ccc(OC(F)F)nc1Br. The minimum atomic E-state index is -3.00. The van der Waals surface area contributed by atoms with Crippen LogP contribution in [0.1, 0.15) is 0 Å². The fourth-order valence-electron chi connectivity index (χ4n) is 0.703. The number of nitrogens with zero attached hydrogens (tertiary/aromatic N) is 2. The molecule has 0 bridgehead atoms. The van der Waals surface area contributed by atoms with Crippen molar-refractivity contribution in [2.75, 3.05) is 0 Å². The molecule has 0 spiro atoms. The Morgan fingerprint density at radius 1 is 1.57 bits per heavy atom. The van der Waals surface area contributed by atoms with Gasteiger partial charge in [-0.15, -0.1) is 0 Å². The molecule has 0 aromatic carbocycles. The molecule has 1 aromatic rings. The summed E-state index contributed by atoms with van der Waals surface area (Å²) in [7, 11) is 0. The molecule has 0 aliphatic rings. The zero-order valence-electron chi connectivity index (χ0n) is 6.49. The molecule has 1 heterocycles. The first-order valence-corrected chi connectivity index (χ1v) is 4.05. The van der Waals surface area contributed by atoms with Crippen LogP contribution in [-0.2, 0) is 0 Å². The Balaban J connectivity index is 2.94. The maximum atomic E-state index is 11.7. The van der Waals surface area contributed by atoms with Crippen LogP contribution >= 0.6 is 15.9 Å². The molecular weight excluding hydrogens is 266 g/mol. The lowest BCUT2D eigenvalue weighted by molar-refractivity contribution is -0.386. The fraction of sp³-hybridized carbons (Fsp3) is 0.167. The molecule has 76 valence electrons. The largest absolute Gasteiger partial charge is 0.417 e. The molecule has 0 atom stereocenters. The van der Waals surface area contributed by atoms with Gasteiger partial charge in [0.25, 0.3) is 0 Å². The molecule has 0 amide bonds. The smallest absolute Gasteiger partial charge is 0.388 e. The number of halogens is 3. The fourth-order valence-corrected chi connectivity index (χ4v) is 1.16. The van der Waals surface area contributed by atoms with E-state index < -0.39 is 11.5 Å². The monoisotopic (exact) mass is 268 g/mol. The van der Waals surface area contributed by atoms with Crippen molar-refractivity contribution in [3.05, 3.63) is 26.9 Å². The van der Waals surface area contributed by atoms with Crippen LogP contribution in [0.3, 0.4) is 0 Å². The highest BCUT2D eigenvalue weighted by Crippen LogP contribution is 2.25. The Morgan fingerprint density at radius 2 is 2.21 bits per heavy atom. The van der Waals surface area contributed by atoms with Gasteiger partial charge in [0.2, 0.25) is 5.88 Å². The molecule has 14 heavy (non-hydrogen) atoms. The maximum Gasteiger partial charge on any atom is 0.388 e. The molecule has 0 fully saturated rings. The van der Waals surface area contributed by atoms with Gasteiger partial charge in [0.05, 0.1) is 4.92 Å². The van der Waals surface area contributed by atoms with Gasteiger partial charge in [-0.1, -0.05) is 0 Å². The second kappa shape index (κ2) is 4.27. The number of rotatable bonds is 3. The van der Waals surface area contributed by atoms with Gasteiger partial charge in [-0.3, -0.25) is 10.1 Å². The van der Waals surface area contributed by atoms with Crippen LogP contribution in [0.4, 0.5) is 14.5 Å². The van der Waals surface area contributed by atoms with Crippen molar-refractivity contribution in [2.45, 2.75) is 6.61 Å². The number of pyridine rings is 1. The molecule has 0 unspecified atom stereocenters. The summed E-state index contributed by atoms with van der Waals surface area (Å²) in [5.74, 6) is -0.377. The minimum absolute atomic E-state index is 0.152. The number of ether oxygens (including phenoxy) is 1. The minimum Gasteiger partial charge on any atom is -0.417 e. The standard InChI is InChI=1S/C6H3BrF2N2O3/c7-5-3(11(12)13)1-2-4(10-5)14-6(8)9/h1-2,6H. The van der Waals surface area contributed by atoms with Gasteiger partial charge in [-0.2, -0.15) is 13.8 Å². The van der Waals surface area contributed by atoms with Crippen LogP contribution < -0.4 is 4.74 Å². The Hall–Kier alpha value is -1.31. The summed E-state index contributed by atoms with van der Waals surface area (Å²) in [4.78, 5) is 13.0. The van der Waals surface area contributed by atoms with Gasteiger partial charge >= 0.3 is 12.3 Å². The average Bonchev–Trinajstić information content (AvgIpc) is 2.01. The number of aromatic nitrogens is 1. The summed E-state index contributed by atoms with van der Waals surface area (Å²) < 4.78 is 27.2. The molecule has 0 saturated heterocycles. The van der Waals surface area contributed by atoms with Crippen LogP contribution in [0, 0.1) is 10.1 Å². The lowest BCUT2D eigenvalue weighted by Crippen LogP contribution is -2.04. The lowest BCUT2D eigenvalue weighted by Gasteiger charge is -2.02. The first kappa shape index (κ1) is 10.8. The molecular formula is C6H3BrF2N2O3. The summed E-state index contributed by atoms with van der Waals surface area (Å²) in [6.45, 7) is -3.00. The van der Waals surface area contributed by atoms with E-state index in [2.05, 4.69) is 25.7 Å². The Labute approximate surface area is 85.0 Å². The van der Waals surface area contributed by atoms with Gasteiger partial charge < -0.3 is 4.74 Å². The average molecular weight is 269 g/mol. The van der Waals surface area contributed by atoms with Crippen molar-refractivity contribution in [1.82, 2.24) is 4.98 Å². The van der Waals surface area contributed by atoms with E-state index in [9.17, 15) is 18.9 Å². The first-order chi connectivity index (χ1) is 6.50. The molecule has 5 nitrogen and oxygen atoms in total. The van der Waals surface area contributed by atoms with E-state index in [1.165, 1.54) is 0 Å². The highest BCUT2D eigenvalue weighted by Gasteiger charge is 2.15. The van der Waals surface area contributed by atoms with E-state index in [1.807, 2.05) is 0 Å². The van der Waals surface area contributed by atoms with Crippen LogP contribution in [0.15, 0.2) is 16.7 Å². The molecule has 0 aliphatic heterocycles. The topological polar surface area (TPSA) is 65.3 Å². The normalized spacial score (nSPS) is 10.3. The highest BCUT2D eigenvalue weighted by atomic mass is 79.9. The van der Waals surface area contributed by atoms with Crippen molar-refractivity contribution < 1.29 is 18.4 Å². The van der Waals surface area contributed by atoms with Crippen LogP contribution in [0.25, 0.3) is 0 Å². The van der Waals surface area contributed by atoms with Gasteiger partial charge in [-0.25, -0.2) is 0 Å². The van der Waals surface area contributed by atoms with Crippen LogP contribution in [0.5, 0.6) is 5.88 Å². The molecule has 0 N–H and O–H groups in total. The quantitative estimate of drug-likeness (QED) is 0.480. The molecule has 1 aromatic heterocycles. The van der Waals surface area contributed by atoms with Gasteiger partial charge in [0.15, 0.2) is 4.60 Å². The Bertz CT molecular complexity index is 361. The number of hydrogen-bond donors (Lipinski definition) is 0. The third kappa shape index (κ3) is 2.59. The second-order valence-electron chi connectivity index (χ2n) is 2.10. The molecule has 0 saturated carbocycles. The van der Waals surface area contributed by atoms with Gasteiger partial charge in [0.1, 0.15) is 0 Å². The van der Waals surface area contributed by atoms with E-state index in [0.717, 1.165) is 12.1 Å². The van der Waals surface area contributed by atoms with Crippen molar-refractivity contribution in [3.8, 4) is 5.88 Å². The summed E-state index contributed by atoms with van der Waals surface area (Å²) in [5, 5.41) is 10.3. The summed E-state index contributed by atoms with van der Waals surface area (Å²) >= 11 is 2.76. The Morgan fingerprint density at radius 3 is 2.64 bits per heavy atom. The molecule has 0 aliphatic carbocycles. The Kier molecular flexibility index (Phi) is 3.28. The molecule has 1 rings (SSSR count). The van der Waals surface area contributed by atoms with E-state index in [-0.39, 0.29) is 16.2 Å². The van der Waals surface area contributed by atoms with Gasteiger partial charge in [0, 0.05) is 12.1 Å². The van der Waals surface area contributed by atoms with Crippen LogP contribution in [0.2, 0.25) is 0 Å².